The Balaban J connectivity index is 3.55. The number of carbonyl (C=O) groups is 1. The Morgan fingerprint density at radius 1 is 1.44 bits per heavy atom. The molecule has 1 N–H and O–H groups in total. The first-order valence-electron chi connectivity index (χ1n) is 4.98. The first-order valence-corrected chi connectivity index (χ1v) is 7.67. The number of carboxylic acids is 1. The van der Waals surface area contributed by atoms with Gasteiger partial charge in [0, 0.05) is 6.26 Å². The SMILES string of the molecule is COc1c(Br)cc(C(C)C(=O)O)cc1S(C)(=O)=O. The first-order chi connectivity index (χ1) is 8.18. The van der Waals surface area contributed by atoms with Crippen molar-refractivity contribution in [3.63, 3.8) is 0 Å². The quantitative estimate of drug-likeness (QED) is 0.909. The Kier molecular flexibility index (Phi) is 4.39. The van der Waals surface area contributed by atoms with Crippen molar-refractivity contribution in [2.45, 2.75) is 17.7 Å². The van der Waals surface area contributed by atoms with Crippen LogP contribution in [0.2, 0.25) is 0 Å². The molecule has 0 aliphatic rings. The molecule has 0 radical (unpaired) electrons. The van der Waals surface area contributed by atoms with E-state index >= 15 is 0 Å². The Morgan fingerprint density at radius 3 is 2.39 bits per heavy atom. The summed E-state index contributed by atoms with van der Waals surface area (Å²) in [6.07, 6.45) is 1.05. The van der Waals surface area contributed by atoms with Gasteiger partial charge in [0.1, 0.15) is 4.90 Å². The number of sulfone groups is 1. The van der Waals surface area contributed by atoms with Gasteiger partial charge in [0.25, 0.3) is 0 Å². The molecular weight excluding hydrogens is 324 g/mol. The fourth-order valence-corrected chi connectivity index (χ4v) is 3.11. The van der Waals surface area contributed by atoms with Gasteiger partial charge in [0.15, 0.2) is 15.6 Å². The van der Waals surface area contributed by atoms with Gasteiger partial charge in [0.05, 0.1) is 17.5 Å². The number of carboxylic acid groups (broad SMARTS) is 1. The van der Waals surface area contributed by atoms with Crippen LogP contribution in [-0.4, -0.2) is 32.9 Å². The minimum atomic E-state index is -3.50. The van der Waals surface area contributed by atoms with Gasteiger partial charge in [-0.05, 0) is 40.5 Å². The van der Waals surface area contributed by atoms with Crippen LogP contribution in [0.1, 0.15) is 18.4 Å². The fourth-order valence-electron chi connectivity index (χ4n) is 1.45. The van der Waals surface area contributed by atoms with E-state index in [1.165, 1.54) is 20.1 Å². The first kappa shape index (κ1) is 15.0. The normalized spacial score (nSPS) is 13.1. The van der Waals surface area contributed by atoms with E-state index in [1.54, 1.807) is 6.07 Å². The largest absolute Gasteiger partial charge is 0.494 e. The summed E-state index contributed by atoms with van der Waals surface area (Å²) in [5.74, 6) is -1.64. The van der Waals surface area contributed by atoms with Gasteiger partial charge in [-0.25, -0.2) is 8.42 Å². The third-order valence-corrected chi connectivity index (χ3v) is 4.20. The highest BCUT2D eigenvalue weighted by molar-refractivity contribution is 9.10. The number of rotatable bonds is 4. The lowest BCUT2D eigenvalue weighted by Crippen LogP contribution is -2.10. The van der Waals surface area contributed by atoms with Crippen molar-refractivity contribution in [2.75, 3.05) is 13.4 Å². The van der Waals surface area contributed by atoms with Crippen LogP contribution in [0, 0.1) is 0 Å². The lowest BCUT2D eigenvalue weighted by molar-refractivity contribution is -0.138. The maximum Gasteiger partial charge on any atom is 0.310 e. The number of hydrogen-bond acceptors (Lipinski definition) is 4. The molecule has 1 atom stereocenters. The maximum absolute atomic E-state index is 11.7. The number of ether oxygens (including phenoxy) is 1. The summed E-state index contributed by atoms with van der Waals surface area (Å²) in [4.78, 5) is 10.9. The second kappa shape index (κ2) is 5.27. The molecule has 0 heterocycles. The van der Waals surface area contributed by atoms with Gasteiger partial charge >= 0.3 is 5.97 Å². The molecule has 0 aliphatic carbocycles. The highest BCUT2D eigenvalue weighted by Crippen LogP contribution is 2.35. The van der Waals surface area contributed by atoms with E-state index in [0.717, 1.165) is 6.26 Å². The van der Waals surface area contributed by atoms with Crippen molar-refractivity contribution in [1.29, 1.82) is 0 Å². The molecule has 0 spiro atoms. The molecule has 100 valence electrons. The molecular formula is C11H13BrO5S. The smallest absolute Gasteiger partial charge is 0.310 e. The number of benzene rings is 1. The highest BCUT2D eigenvalue weighted by atomic mass is 79.9. The Labute approximate surface area is 114 Å². The van der Waals surface area contributed by atoms with Gasteiger partial charge in [-0.1, -0.05) is 0 Å². The van der Waals surface area contributed by atoms with Gasteiger partial charge in [-0.2, -0.15) is 0 Å². The highest BCUT2D eigenvalue weighted by Gasteiger charge is 2.22. The predicted molar refractivity (Wildman–Crippen MR) is 69.9 cm³/mol. The second-order valence-electron chi connectivity index (χ2n) is 3.87. The molecule has 0 bridgehead atoms. The third kappa shape index (κ3) is 3.02. The molecule has 18 heavy (non-hydrogen) atoms. The number of methoxy groups -OCH3 is 1. The van der Waals surface area contributed by atoms with Gasteiger partial charge in [-0.15, -0.1) is 0 Å². The van der Waals surface area contributed by atoms with Gasteiger partial charge in [-0.3, -0.25) is 4.79 Å². The standard InChI is InChI=1S/C11H13BrO5S/c1-6(11(13)14)7-4-8(12)10(17-2)9(5-7)18(3,15)16/h4-6H,1-3H3,(H,13,14). The van der Waals surface area contributed by atoms with E-state index in [2.05, 4.69) is 15.9 Å². The Bertz CT molecular complexity index is 579. The minimum absolute atomic E-state index is 0.0255. The van der Waals surface area contributed by atoms with Crippen molar-refractivity contribution in [2.24, 2.45) is 0 Å². The summed E-state index contributed by atoms with van der Waals surface area (Å²) in [6, 6.07) is 2.88. The van der Waals surface area contributed by atoms with E-state index in [0.29, 0.717) is 10.0 Å². The topological polar surface area (TPSA) is 80.7 Å². The van der Waals surface area contributed by atoms with Crippen LogP contribution in [0.25, 0.3) is 0 Å². The molecule has 1 unspecified atom stereocenters. The average molecular weight is 337 g/mol. The molecule has 1 aromatic carbocycles. The van der Waals surface area contributed by atoms with E-state index in [9.17, 15) is 13.2 Å². The molecule has 0 fully saturated rings. The number of aliphatic carboxylic acids is 1. The zero-order valence-corrected chi connectivity index (χ0v) is 12.5. The van der Waals surface area contributed by atoms with Crippen LogP contribution in [0.5, 0.6) is 5.75 Å². The molecule has 5 nitrogen and oxygen atoms in total. The average Bonchev–Trinajstić information content (AvgIpc) is 2.25. The van der Waals surface area contributed by atoms with Crippen LogP contribution >= 0.6 is 15.9 Å². The van der Waals surface area contributed by atoms with Crippen molar-refractivity contribution in [1.82, 2.24) is 0 Å². The van der Waals surface area contributed by atoms with Crippen LogP contribution in [0.3, 0.4) is 0 Å². The van der Waals surface area contributed by atoms with Crippen LogP contribution < -0.4 is 4.74 Å². The van der Waals surface area contributed by atoms with E-state index < -0.39 is 21.7 Å². The van der Waals surface area contributed by atoms with Gasteiger partial charge < -0.3 is 9.84 Å². The summed E-state index contributed by atoms with van der Waals surface area (Å²) in [6.45, 7) is 1.49. The summed E-state index contributed by atoms with van der Waals surface area (Å²) >= 11 is 3.19. The van der Waals surface area contributed by atoms with Crippen molar-refractivity contribution in [3.05, 3.63) is 22.2 Å². The fraction of sp³-hybridized carbons (Fsp3) is 0.364. The van der Waals surface area contributed by atoms with E-state index in [1.807, 2.05) is 0 Å². The number of hydrogen-bond donors (Lipinski definition) is 1. The lowest BCUT2D eigenvalue weighted by Gasteiger charge is -2.13. The summed E-state index contributed by atoms with van der Waals surface area (Å²) < 4.78 is 28.8. The molecule has 0 aliphatic heterocycles. The molecule has 0 aromatic heterocycles. The van der Waals surface area contributed by atoms with Crippen molar-refractivity contribution < 1.29 is 23.1 Å². The second-order valence-corrected chi connectivity index (χ2v) is 6.70. The molecule has 1 rings (SSSR count). The molecule has 1 aromatic rings. The van der Waals surface area contributed by atoms with Crippen molar-refractivity contribution >= 4 is 31.7 Å². The van der Waals surface area contributed by atoms with E-state index in [-0.39, 0.29) is 10.6 Å². The Hall–Kier alpha value is -1.08. The van der Waals surface area contributed by atoms with Gasteiger partial charge in [0.2, 0.25) is 0 Å². The number of halogens is 1. The summed E-state index contributed by atoms with van der Waals surface area (Å²) in [5, 5.41) is 8.95. The molecule has 0 saturated carbocycles. The van der Waals surface area contributed by atoms with Crippen LogP contribution in [-0.2, 0) is 14.6 Å². The molecule has 7 heteroatoms. The Morgan fingerprint density at radius 2 is 2.00 bits per heavy atom. The van der Waals surface area contributed by atoms with E-state index in [4.69, 9.17) is 9.84 Å². The third-order valence-electron chi connectivity index (χ3n) is 2.51. The zero-order valence-electron chi connectivity index (χ0n) is 10.1. The zero-order chi connectivity index (χ0) is 14.1. The lowest BCUT2D eigenvalue weighted by atomic mass is 10.0. The van der Waals surface area contributed by atoms with Crippen LogP contribution in [0.4, 0.5) is 0 Å². The predicted octanol–water partition coefficient (Wildman–Crippen LogP) is 2.05. The minimum Gasteiger partial charge on any atom is -0.494 e. The maximum atomic E-state index is 11.7. The monoisotopic (exact) mass is 336 g/mol. The molecule has 0 saturated heterocycles. The molecule has 0 amide bonds. The van der Waals surface area contributed by atoms with Crippen molar-refractivity contribution in [3.8, 4) is 5.75 Å². The van der Waals surface area contributed by atoms with Crippen LogP contribution in [0.15, 0.2) is 21.5 Å². The summed E-state index contributed by atoms with van der Waals surface area (Å²) in [5.41, 5.74) is 0.399. The summed E-state index contributed by atoms with van der Waals surface area (Å²) in [7, 11) is -2.14.